The van der Waals surface area contributed by atoms with Crippen LogP contribution in [0.15, 0.2) is 17.9 Å². The number of carboxylic acid groups (broad SMARTS) is 1. The molecule has 0 aliphatic carbocycles. The van der Waals surface area contributed by atoms with Gasteiger partial charge in [0.15, 0.2) is 0 Å². The summed E-state index contributed by atoms with van der Waals surface area (Å²) in [4.78, 5) is 10.1. The van der Waals surface area contributed by atoms with Gasteiger partial charge in [-0.25, -0.2) is 0 Å². The Morgan fingerprint density at radius 3 is 2.80 bits per heavy atom. The molecule has 1 N–H and O–H groups in total. The van der Waals surface area contributed by atoms with Crippen molar-refractivity contribution in [2.45, 2.75) is 6.92 Å². The van der Waals surface area contributed by atoms with Gasteiger partial charge in [0.25, 0.3) is 0 Å². The van der Waals surface area contributed by atoms with E-state index in [1.54, 1.807) is 6.92 Å². The van der Waals surface area contributed by atoms with Gasteiger partial charge in [-0.3, -0.25) is 9.80 Å². The summed E-state index contributed by atoms with van der Waals surface area (Å²) in [6, 6.07) is 0. The average molecular weight is 142 g/mol. The van der Waals surface area contributed by atoms with Crippen LogP contribution in [0.25, 0.3) is 0 Å². The number of hydrogen-bond donors (Lipinski definition) is 1. The third-order valence-corrected chi connectivity index (χ3v) is 0.772. The van der Waals surface area contributed by atoms with E-state index in [1.165, 1.54) is 17.4 Å². The highest BCUT2D eigenvalue weighted by atomic mass is 16.4. The predicted molar refractivity (Wildman–Crippen MR) is 38.7 cm³/mol. The second-order valence-electron chi connectivity index (χ2n) is 1.55. The zero-order valence-electron chi connectivity index (χ0n) is 5.82. The van der Waals surface area contributed by atoms with E-state index in [-0.39, 0.29) is 6.54 Å². The van der Waals surface area contributed by atoms with Crippen LogP contribution in [-0.2, 0) is 4.79 Å². The summed E-state index contributed by atoms with van der Waals surface area (Å²) < 4.78 is 0. The maximum absolute atomic E-state index is 10.1. The SMILES string of the molecule is C=CN(CC(=O)O)/N=C\C. The molecule has 0 atom stereocenters. The van der Waals surface area contributed by atoms with Gasteiger partial charge in [0, 0.05) is 12.4 Å². The fourth-order valence-electron chi connectivity index (χ4n) is 0.439. The van der Waals surface area contributed by atoms with Crippen LogP contribution in [0.5, 0.6) is 0 Å². The van der Waals surface area contributed by atoms with Gasteiger partial charge < -0.3 is 5.11 Å². The molecule has 0 aromatic rings. The maximum atomic E-state index is 10.1. The van der Waals surface area contributed by atoms with Crippen molar-refractivity contribution in [2.24, 2.45) is 5.10 Å². The van der Waals surface area contributed by atoms with Crippen LogP contribution in [0, 0.1) is 0 Å². The lowest BCUT2D eigenvalue weighted by Gasteiger charge is -2.08. The molecule has 4 nitrogen and oxygen atoms in total. The standard InChI is InChI=1S/C6H10N2O2/c1-3-7-8(4-2)5-6(9)10/h3-4H,2,5H2,1H3,(H,9,10)/b7-3-. The fourth-order valence-corrected chi connectivity index (χ4v) is 0.439. The van der Waals surface area contributed by atoms with Gasteiger partial charge in [-0.05, 0) is 6.92 Å². The molecule has 0 fully saturated rings. The molecule has 4 heteroatoms. The number of rotatable bonds is 4. The van der Waals surface area contributed by atoms with Crippen LogP contribution >= 0.6 is 0 Å². The topological polar surface area (TPSA) is 52.9 Å². The predicted octanol–water partition coefficient (Wildman–Crippen LogP) is 0.522. The van der Waals surface area contributed by atoms with Crippen molar-refractivity contribution < 1.29 is 9.90 Å². The lowest BCUT2D eigenvalue weighted by atomic mass is 10.6. The minimum atomic E-state index is -0.925. The zero-order valence-corrected chi connectivity index (χ0v) is 5.82. The molecular formula is C6H10N2O2. The first-order valence-electron chi connectivity index (χ1n) is 2.80. The van der Waals surface area contributed by atoms with Crippen molar-refractivity contribution in [3.05, 3.63) is 12.8 Å². The Labute approximate surface area is 59.5 Å². The van der Waals surface area contributed by atoms with E-state index in [0.717, 1.165) is 0 Å². The monoisotopic (exact) mass is 142 g/mol. The van der Waals surface area contributed by atoms with Crippen molar-refractivity contribution in [1.82, 2.24) is 5.01 Å². The van der Waals surface area contributed by atoms with Crippen LogP contribution in [0.2, 0.25) is 0 Å². The highest BCUT2D eigenvalue weighted by molar-refractivity contribution is 5.69. The molecule has 0 aliphatic rings. The van der Waals surface area contributed by atoms with Gasteiger partial charge in [-0.1, -0.05) is 6.58 Å². The first kappa shape index (κ1) is 8.68. The van der Waals surface area contributed by atoms with Crippen LogP contribution in [-0.4, -0.2) is 28.8 Å². The Bertz CT molecular complexity index is 154. The number of nitrogens with zero attached hydrogens (tertiary/aromatic N) is 2. The molecule has 0 aromatic heterocycles. The first-order valence-corrected chi connectivity index (χ1v) is 2.80. The molecule has 0 aromatic carbocycles. The summed E-state index contributed by atoms with van der Waals surface area (Å²) in [7, 11) is 0. The summed E-state index contributed by atoms with van der Waals surface area (Å²) in [5.74, 6) is -0.925. The van der Waals surface area contributed by atoms with Gasteiger partial charge in [-0.15, -0.1) is 0 Å². The van der Waals surface area contributed by atoms with Crippen LogP contribution in [0.3, 0.4) is 0 Å². The van der Waals surface area contributed by atoms with Crippen molar-refractivity contribution in [1.29, 1.82) is 0 Å². The normalized spacial score (nSPS) is 9.70. The Morgan fingerprint density at radius 2 is 2.50 bits per heavy atom. The summed E-state index contributed by atoms with van der Waals surface area (Å²) in [5.41, 5.74) is 0. The molecule has 0 amide bonds. The van der Waals surface area contributed by atoms with Gasteiger partial charge in [0.1, 0.15) is 6.54 Å². The van der Waals surface area contributed by atoms with Gasteiger partial charge in [0.2, 0.25) is 0 Å². The third-order valence-electron chi connectivity index (χ3n) is 0.772. The fraction of sp³-hybridized carbons (Fsp3) is 0.333. The van der Waals surface area contributed by atoms with Crippen molar-refractivity contribution in [3.8, 4) is 0 Å². The van der Waals surface area contributed by atoms with E-state index in [9.17, 15) is 4.79 Å². The Hall–Kier alpha value is -1.32. The maximum Gasteiger partial charge on any atom is 0.325 e. The van der Waals surface area contributed by atoms with Crippen molar-refractivity contribution in [2.75, 3.05) is 6.54 Å². The molecule has 0 saturated carbocycles. The highest BCUT2D eigenvalue weighted by Crippen LogP contribution is 1.87. The van der Waals surface area contributed by atoms with E-state index < -0.39 is 5.97 Å². The Morgan fingerprint density at radius 1 is 1.90 bits per heavy atom. The number of hydrazone groups is 1. The van der Waals surface area contributed by atoms with Gasteiger partial charge >= 0.3 is 5.97 Å². The van der Waals surface area contributed by atoms with E-state index in [2.05, 4.69) is 11.7 Å². The second-order valence-corrected chi connectivity index (χ2v) is 1.55. The summed E-state index contributed by atoms with van der Waals surface area (Å²) in [6.45, 7) is 4.94. The van der Waals surface area contributed by atoms with E-state index in [0.29, 0.717) is 0 Å². The summed E-state index contributed by atoms with van der Waals surface area (Å²) in [5, 5.41) is 13.2. The minimum absolute atomic E-state index is 0.145. The van der Waals surface area contributed by atoms with E-state index >= 15 is 0 Å². The second kappa shape index (κ2) is 4.55. The number of aliphatic carboxylic acids is 1. The molecule has 0 rings (SSSR count). The summed E-state index contributed by atoms with van der Waals surface area (Å²) >= 11 is 0. The quantitative estimate of drug-likeness (QED) is 0.460. The highest BCUT2D eigenvalue weighted by Gasteiger charge is 1.99. The molecule has 56 valence electrons. The Balaban J connectivity index is 3.83. The first-order chi connectivity index (χ1) is 4.70. The Kier molecular flexibility index (Phi) is 3.95. The molecule has 0 spiro atoms. The average Bonchev–Trinajstić information content (AvgIpc) is 1.86. The smallest absolute Gasteiger partial charge is 0.325 e. The third kappa shape index (κ3) is 3.65. The molecule has 0 heterocycles. The van der Waals surface area contributed by atoms with Crippen LogP contribution in [0.1, 0.15) is 6.92 Å². The van der Waals surface area contributed by atoms with Crippen LogP contribution in [0.4, 0.5) is 0 Å². The minimum Gasteiger partial charge on any atom is -0.480 e. The number of carbonyl (C=O) groups is 1. The zero-order chi connectivity index (χ0) is 7.98. The largest absolute Gasteiger partial charge is 0.480 e. The van der Waals surface area contributed by atoms with Crippen LogP contribution < -0.4 is 0 Å². The van der Waals surface area contributed by atoms with E-state index in [4.69, 9.17) is 5.11 Å². The van der Waals surface area contributed by atoms with Crippen molar-refractivity contribution in [3.63, 3.8) is 0 Å². The molecule has 0 bridgehead atoms. The molecule has 0 aliphatic heterocycles. The molecule has 0 saturated heterocycles. The molecule has 0 unspecified atom stereocenters. The lowest BCUT2D eigenvalue weighted by Crippen LogP contribution is -2.19. The molecule has 0 radical (unpaired) electrons. The molecular weight excluding hydrogens is 132 g/mol. The van der Waals surface area contributed by atoms with E-state index in [1.807, 2.05) is 0 Å². The molecule has 10 heavy (non-hydrogen) atoms. The van der Waals surface area contributed by atoms with Gasteiger partial charge in [0.05, 0.1) is 0 Å². The van der Waals surface area contributed by atoms with Crippen molar-refractivity contribution >= 4 is 12.2 Å². The van der Waals surface area contributed by atoms with Gasteiger partial charge in [-0.2, -0.15) is 5.10 Å². The number of carboxylic acids is 1. The number of hydrogen-bond acceptors (Lipinski definition) is 3. The lowest BCUT2D eigenvalue weighted by molar-refractivity contribution is -0.137. The summed E-state index contributed by atoms with van der Waals surface area (Å²) in [6.07, 6.45) is 2.86.